The number of carboxylic acid groups (broad SMARTS) is 1. The first-order valence-electron chi connectivity index (χ1n) is 7.10. The molecule has 1 saturated heterocycles. The van der Waals surface area contributed by atoms with Gasteiger partial charge in [-0.1, -0.05) is 18.2 Å². The number of hydrogen-bond acceptors (Lipinski definition) is 3. The van der Waals surface area contributed by atoms with Crippen LogP contribution in [-0.4, -0.2) is 34.1 Å². The fraction of sp³-hybridized carbons (Fsp3) is 0.375. The Hall–Kier alpha value is -2.14. The van der Waals surface area contributed by atoms with Crippen LogP contribution >= 0.6 is 0 Å². The smallest absolute Gasteiger partial charge is 0.356 e. The molecule has 3 rings (SSSR count). The molecule has 1 aliphatic rings. The van der Waals surface area contributed by atoms with Crippen LogP contribution in [0.15, 0.2) is 30.3 Å². The Labute approximate surface area is 123 Å². The molecule has 2 aromatic rings. The van der Waals surface area contributed by atoms with E-state index in [1.807, 2.05) is 12.1 Å². The van der Waals surface area contributed by atoms with E-state index >= 15 is 0 Å². The predicted molar refractivity (Wildman–Crippen MR) is 78.4 cm³/mol. The molecule has 0 saturated carbocycles. The van der Waals surface area contributed by atoms with Crippen molar-refractivity contribution in [3.63, 3.8) is 0 Å². The molecular weight excluding hydrogens is 268 g/mol. The molecule has 1 aromatic carbocycles. The third-order valence-corrected chi connectivity index (χ3v) is 3.97. The number of rotatable bonds is 3. The quantitative estimate of drug-likeness (QED) is 0.942. The van der Waals surface area contributed by atoms with Gasteiger partial charge in [0, 0.05) is 25.8 Å². The first-order valence-corrected chi connectivity index (χ1v) is 7.10. The lowest BCUT2D eigenvalue weighted by molar-refractivity contribution is 0.0689. The van der Waals surface area contributed by atoms with E-state index in [9.17, 15) is 4.79 Å². The van der Waals surface area contributed by atoms with Gasteiger partial charge in [0.2, 0.25) is 0 Å². The van der Waals surface area contributed by atoms with E-state index in [4.69, 9.17) is 9.84 Å². The van der Waals surface area contributed by atoms with E-state index in [1.54, 1.807) is 17.8 Å². The number of carbonyl (C=O) groups is 1. The Balaban J connectivity index is 1.93. The van der Waals surface area contributed by atoms with E-state index in [0.29, 0.717) is 5.92 Å². The first-order chi connectivity index (χ1) is 10.1. The van der Waals surface area contributed by atoms with Crippen LogP contribution in [-0.2, 0) is 11.8 Å². The van der Waals surface area contributed by atoms with Gasteiger partial charge in [0.05, 0.1) is 5.69 Å². The summed E-state index contributed by atoms with van der Waals surface area (Å²) in [6.45, 7) is 1.62. The van der Waals surface area contributed by atoms with Crippen LogP contribution < -0.4 is 0 Å². The average molecular weight is 286 g/mol. The summed E-state index contributed by atoms with van der Waals surface area (Å²) in [5.74, 6) is -0.483. The van der Waals surface area contributed by atoms with Crippen LogP contribution in [0.1, 0.15) is 34.8 Å². The largest absolute Gasteiger partial charge is 0.476 e. The van der Waals surface area contributed by atoms with Crippen LogP contribution in [0.4, 0.5) is 0 Å². The maximum atomic E-state index is 11.0. The molecule has 110 valence electrons. The van der Waals surface area contributed by atoms with Gasteiger partial charge in [-0.3, -0.25) is 4.68 Å². The molecule has 21 heavy (non-hydrogen) atoms. The van der Waals surface area contributed by atoms with Crippen molar-refractivity contribution in [1.29, 1.82) is 0 Å². The maximum Gasteiger partial charge on any atom is 0.356 e. The van der Waals surface area contributed by atoms with E-state index in [0.717, 1.165) is 37.3 Å². The summed E-state index contributed by atoms with van der Waals surface area (Å²) in [7, 11) is 1.77. The number of aryl methyl sites for hydroxylation is 1. The number of nitrogens with zero attached hydrogens (tertiary/aromatic N) is 2. The van der Waals surface area contributed by atoms with Crippen LogP contribution in [0.25, 0.3) is 11.3 Å². The third-order valence-electron chi connectivity index (χ3n) is 3.97. The molecule has 0 amide bonds. The Morgan fingerprint density at radius 1 is 1.33 bits per heavy atom. The van der Waals surface area contributed by atoms with Crippen LogP contribution in [0.5, 0.6) is 0 Å². The van der Waals surface area contributed by atoms with Crippen molar-refractivity contribution in [3.8, 4) is 11.3 Å². The lowest BCUT2D eigenvalue weighted by Gasteiger charge is -2.22. The SMILES string of the molecule is Cn1nc(C(=O)O)cc1-c1cccc(C2CCOCC2)c1. The fourth-order valence-corrected chi connectivity index (χ4v) is 2.82. The molecule has 0 aliphatic carbocycles. The second kappa shape index (κ2) is 5.69. The lowest BCUT2D eigenvalue weighted by Crippen LogP contribution is -2.14. The summed E-state index contributed by atoms with van der Waals surface area (Å²) in [5, 5.41) is 13.1. The zero-order valence-corrected chi connectivity index (χ0v) is 12.0. The van der Waals surface area contributed by atoms with Crippen molar-refractivity contribution in [2.24, 2.45) is 7.05 Å². The summed E-state index contributed by atoms with van der Waals surface area (Å²) in [4.78, 5) is 11.0. The van der Waals surface area contributed by atoms with Crippen LogP contribution in [0.3, 0.4) is 0 Å². The summed E-state index contributed by atoms with van der Waals surface area (Å²) >= 11 is 0. The number of benzene rings is 1. The van der Waals surface area contributed by atoms with E-state index in [1.165, 1.54) is 5.56 Å². The second-order valence-corrected chi connectivity index (χ2v) is 5.36. The Morgan fingerprint density at radius 2 is 2.10 bits per heavy atom. The molecule has 2 heterocycles. The monoisotopic (exact) mass is 286 g/mol. The summed E-state index contributed by atoms with van der Waals surface area (Å²) in [6.07, 6.45) is 2.07. The minimum absolute atomic E-state index is 0.0731. The van der Waals surface area contributed by atoms with Crippen LogP contribution in [0.2, 0.25) is 0 Å². The number of carboxylic acids is 1. The second-order valence-electron chi connectivity index (χ2n) is 5.36. The molecule has 0 bridgehead atoms. The van der Waals surface area contributed by atoms with Gasteiger partial charge in [-0.25, -0.2) is 4.79 Å². The van der Waals surface area contributed by atoms with Gasteiger partial charge >= 0.3 is 5.97 Å². The molecule has 1 aliphatic heterocycles. The number of aromatic nitrogens is 2. The van der Waals surface area contributed by atoms with E-state index in [2.05, 4.69) is 17.2 Å². The van der Waals surface area contributed by atoms with E-state index in [-0.39, 0.29) is 5.69 Å². The average Bonchev–Trinajstić information content (AvgIpc) is 2.91. The van der Waals surface area contributed by atoms with E-state index < -0.39 is 5.97 Å². The zero-order chi connectivity index (χ0) is 14.8. The first kappa shape index (κ1) is 13.8. The number of ether oxygens (including phenoxy) is 1. The molecule has 0 radical (unpaired) electrons. The van der Waals surface area contributed by atoms with Crippen molar-refractivity contribution in [1.82, 2.24) is 9.78 Å². The lowest BCUT2D eigenvalue weighted by atomic mass is 9.90. The van der Waals surface area contributed by atoms with Crippen molar-refractivity contribution in [2.45, 2.75) is 18.8 Å². The molecule has 1 fully saturated rings. The maximum absolute atomic E-state index is 11.0. The number of aromatic carboxylic acids is 1. The summed E-state index contributed by atoms with van der Waals surface area (Å²) in [5.41, 5.74) is 3.18. The summed E-state index contributed by atoms with van der Waals surface area (Å²) in [6, 6.07) is 9.90. The number of hydrogen-bond donors (Lipinski definition) is 1. The molecule has 0 spiro atoms. The highest BCUT2D eigenvalue weighted by Crippen LogP contribution is 2.30. The van der Waals surface area contributed by atoms with Gasteiger partial charge in [-0.15, -0.1) is 0 Å². The molecule has 0 unspecified atom stereocenters. The fourth-order valence-electron chi connectivity index (χ4n) is 2.82. The van der Waals surface area contributed by atoms with Gasteiger partial charge in [0.15, 0.2) is 5.69 Å². The molecular formula is C16H18N2O3. The highest BCUT2D eigenvalue weighted by molar-refractivity contribution is 5.87. The van der Waals surface area contributed by atoms with Gasteiger partial charge in [0.1, 0.15) is 0 Å². The molecule has 5 heteroatoms. The minimum Gasteiger partial charge on any atom is -0.476 e. The molecule has 0 atom stereocenters. The molecule has 5 nitrogen and oxygen atoms in total. The van der Waals surface area contributed by atoms with Crippen LogP contribution in [0, 0.1) is 0 Å². The van der Waals surface area contributed by atoms with Crippen molar-refractivity contribution >= 4 is 5.97 Å². The Kier molecular flexibility index (Phi) is 3.75. The molecule has 1 aromatic heterocycles. The predicted octanol–water partition coefficient (Wildman–Crippen LogP) is 2.68. The highest BCUT2D eigenvalue weighted by Gasteiger charge is 2.17. The topological polar surface area (TPSA) is 64.4 Å². The van der Waals surface area contributed by atoms with Gasteiger partial charge in [-0.2, -0.15) is 5.10 Å². The van der Waals surface area contributed by atoms with Gasteiger partial charge in [0.25, 0.3) is 0 Å². The normalized spacial score (nSPS) is 16.0. The van der Waals surface area contributed by atoms with Gasteiger partial charge < -0.3 is 9.84 Å². The van der Waals surface area contributed by atoms with Crippen molar-refractivity contribution in [3.05, 3.63) is 41.6 Å². The minimum atomic E-state index is -1.00. The van der Waals surface area contributed by atoms with Crippen molar-refractivity contribution < 1.29 is 14.6 Å². The van der Waals surface area contributed by atoms with Crippen molar-refractivity contribution in [2.75, 3.05) is 13.2 Å². The molecule has 1 N–H and O–H groups in total. The standard InChI is InChI=1S/C16H18N2O3/c1-18-15(10-14(17-18)16(19)20)13-4-2-3-12(9-13)11-5-7-21-8-6-11/h2-4,9-11H,5-8H2,1H3,(H,19,20). The Bertz CT molecular complexity index is 657. The van der Waals surface area contributed by atoms with Gasteiger partial charge in [-0.05, 0) is 36.5 Å². The summed E-state index contributed by atoms with van der Waals surface area (Å²) < 4.78 is 7.02. The highest BCUT2D eigenvalue weighted by atomic mass is 16.5. The third kappa shape index (κ3) is 2.83. The Morgan fingerprint density at radius 3 is 2.76 bits per heavy atom. The zero-order valence-electron chi connectivity index (χ0n) is 12.0.